The van der Waals surface area contributed by atoms with Crippen molar-refractivity contribution < 1.29 is 153 Å². The number of aliphatic hydroxyl groups is 13. The summed E-state index contributed by atoms with van der Waals surface area (Å²) in [5.41, 5.74) is -8.48. The highest BCUT2D eigenvalue weighted by atomic mass is 16.7. The molecule has 9 heterocycles. The Kier molecular flexibility index (Phi) is 15.5. The number of phenolic OH excluding ortho intramolecular Hbond substituents is 4. The Morgan fingerprint density at radius 2 is 0.587 bits per heavy atom. The molecule has 9 aliphatic rings. The number of rotatable bonds is 10. The standard InChI is InChI=1S/C78H62O31/c79-28-55-61(86)64(89)67(92)76(98,104-55)46-7-1-4-43-58(46)70(95)107-75(43)41-20-14-35(102-77(68(93)65(90)62(87)56(29-80)105-77)47-8-2-5-44-59(47)71(96)108-73(44)37-16-10-31(82)22-49(37)99-50-23-32(83)11-17-38(50)73)26-53(41)101-54-27-36(15-21-42(54)75)103-78(69(94)66(91)63(88)57(30-81)106-78)48-9-3-6-45-60(48)72(97)109-74(45)39-18-12-33(84)24-51(39)100-52-25-34(85)13-19-40(52)74/h1-27,55-57,61-69,79-94,98H,28-30H2/t55-,56-,57-,61+,62+,63+,64+,65+,66+,67-,68-,69-,76+,77+,78+/m1/s1. The minimum Gasteiger partial charge on any atom is -0.508 e. The van der Waals surface area contributed by atoms with Gasteiger partial charge in [-0.2, -0.15) is 0 Å². The van der Waals surface area contributed by atoms with Gasteiger partial charge in [0.25, 0.3) is 11.6 Å². The molecule has 109 heavy (non-hydrogen) atoms. The average molecular weight is 1500 g/mol. The second-order valence-electron chi connectivity index (χ2n) is 27.8. The van der Waals surface area contributed by atoms with Gasteiger partial charge in [0, 0.05) is 103 Å². The van der Waals surface area contributed by atoms with Crippen LogP contribution in [0.4, 0.5) is 0 Å². The third kappa shape index (κ3) is 9.40. The molecule has 9 aromatic carbocycles. The Hall–Kier alpha value is -11.0. The first-order valence-corrected chi connectivity index (χ1v) is 34.1. The van der Waals surface area contributed by atoms with E-state index in [1.165, 1.54) is 146 Å². The first-order valence-electron chi connectivity index (χ1n) is 34.1. The molecule has 0 aliphatic carbocycles. The van der Waals surface area contributed by atoms with Gasteiger partial charge in [-0.15, -0.1) is 0 Å². The Bertz CT molecular complexity index is 4990. The number of carbonyl (C=O) groups excluding carboxylic acids is 3. The van der Waals surface area contributed by atoms with Crippen LogP contribution in [0.25, 0.3) is 0 Å². The summed E-state index contributed by atoms with van der Waals surface area (Å²) in [7, 11) is 0. The fourth-order valence-corrected chi connectivity index (χ4v) is 17.0. The quantitative estimate of drug-likeness (QED) is 0.0689. The topological polar surface area (TPSA) is 497 Å². The van der Waals surface area contributed by atoms with E-state index in [1.807, 2.05) is 0 Å². The summed E-state index contributed by atoms with van der Waals surface area (Å²) < 4.78 is 71.1. The van der Waals surface area contributed by atoms with Crippen molar-refractivity contribution in [2.24, 2.45) is 0 Å². The van der Waals surface area contributed by atoms with Gasteiger partial charge in [-0.3, -0.25) is 0 Å². The lowest BCUT2D eigenvalue weighted by atomic mass is 9.75. The van der Waals surface area contributed by atoms with Gasteiger partial charge in [0.15, 0.2) is 29.0 Å². The molecule has 0 saturated carbocycles. The molecule has 9 aromatic rings. The SMILES string of the molecule is O=C1OC2(c3ccc(O)cc3Oc3cc(O)ccc32)c2cccc([C@]3(Oc4ccc5c(c4)Oc4cc(O[C@@]6(c7cccc8c7C(=O)OC87c8ccc(O)cc8Oc8cc(O)ccc87)O[C@H](CO)[C@H](O)[C@H](O)[C@H]6O)ccc4C54OC(=O)c5c4cccc5[C@]4(O)O[C@H](CO)[C@H](O)[C@H](O)[C@H]4O)O[C@H](CO)[C@H](O)[C@H](O)[C@H]3O)c21. The number of fused-ring (bicyclic) bond motifs is 18. The van der Waals surface area contributed by atoms with Crippen molar-refractivity contribution in [2.75, 3.05) is 19.8 Å². The number of phenols is 4. The predicted octanol–water partition coefficient (Wildman–Crippen LogP) is 2.24. The normalized spacial score (nSPS) is 29.8. The molecule has 0 unspecified atom stereocenters. The van der Waals surface area contributed by atoms with Gasteiger partial charge in [0.1, 0.15) is 130 Å². The van der Waals surface area contributed by atoms with Crippen molar-refractivity contribution in [3.8, 4) is 69.0 Å². The largest absolute Gasteiger partial charge is 0.508 e. The molecule has 9 aliphatic heterocycles. The predicted molar refractivity (Wildman–Crippen MR) is 359 cm³/mol. The van der Waals surface area contributed by atoms with Gasteiger partial charge in [-0.25, -0.2) is 14.4 Å². The van der Waals surface area contributed by atoms with Crippen LogP contribution in [-0.4, -0.2) is 198 Å². The summed E-state index contributed by atoms with van der Waals surface area (Å²) in [6.07, 6.45) is -25.4. The maximum absolute atomic E-state index is 15.3. The van der Waals surface area contributed by atoms with E-state index in [4.69, 9.17) is 52.1 Å². The first kappa shape index (κ1) is 69.7. The molecule has 31 heteroatoms. The van der Waals surface area contributed by atoms with Gasteiger partial charge >= 0.3 is 17.9 Å². The Balaban J connectivity index is 0.821. The summed E-state index contributed by atoms with van der Waals surface area (Å²) in [6, 6.07) is 35.6. The van der Waals surface area contributed by atoms with Crippen LogP contribution in [0.2, 0.25) is 0 Å². The molecule has 0 amide bonds. The van der Waals surface area contributed by atoms with Crippen LogP contribution >= 0.6 is 0 Å². The molecule has 0 aromatic heterocycles. The van der Waals surface area contributed by atoms with Gasteiger partial charge in [-0.05, 0) is 72.8 Å². The molecule has 17 N–H and O–H groups in total. The molecule has 3 fully saturated rings. The molecule has 3 saturated heterocycles. The smallest absolute Gasteiger partial charge is 0.340 e. The minimum atomic E-state index is -3.10. The van der Waals surface area contributed by atoms with Crippen molar-refractivity contribution in [1.82, 2.24) is 0 Å². The number of benzene rings is 9. The van der Waals surface area contributed by atoms with E-state index in [-0.39, 0.29) is 130 Å². The number of hydrogen-bond acceptors (Lipinski definition) is 31. The first-order chi connectivity index (χ1) is 52.2. The van der Waals surface area contributed by atoms with Crippen molar-refractivity contribution in [2.45, 2.75) is 107 Å². The number of carbonyl (C=O) groups is 3. The van der Waals surface area contributed by atoms with Gasteiger partial charge in [0.05, 0.1) is 36.5 Å². The second-order valence-corrected chi connectivity index (χ2v) is 27.8. The third-order valence-corrected chi connectivity index (χ3v) is 21.9. The van der Waals surface area contributed by atoms with Crippen molar-refractivity contribution in [3.63, 3.8) is 0 Å². The van der Waals surface area contributed by atoms with Crippen LogP contribution in [0.1, 0.15) is 97.8 Å². The fraction of sp³-hybridized carbons (Fsp3) is 0.269. The Labute approximate surface area is 612 Å². The molecular formula is C78H62O31. The lowest BCUT2D eigenvalue weighted by Crippen LogP contribution is -2.66. The molecule has 3 spiro atoms. The van der Waals surface area contributed by atoms with Crippen molar-refractivity contribution in [3.05, 3.63) is 247 Å². The molecule has 18 rings (SSSR count). The van der Waals surface area contributed by atoms with Crippen LogP contribution in [0.15, 0.2) is 164 Å². The van der Waals surface area contributed by atoms with Crippen molar-refractivity contribution in [1.29, 1.82) is 0 Å². The van der Waals surface area contributed by atoms with Crippen LogP contribution in [0.3, 0.4) is 0 Å². The number of aliphatic hydroxyl groups excluding tert-OH is 12. The van der Waals surface area contributed by atoms with E-state index in [2.05, 4.69) is 0 Å². The molecular weight excluding hydrogens is 1430 g/mol. The van der Waals surface area contributed by atoms with Crippen LogP contribution < -0.4 is 23.7 Å². The van der Waals surface area contributed by atoms with E-state index in [0.29, 0.717) is 0 Å². The summed E-state index contributed by atoms with van der Waals surface area (Å²) >= 11 is 0. The maximum Gasteiger partial charge on any atom is 0.340 e. The molecule has 0 bridgehead atoms. The lowest BCUT2D eigenvalue weighted by molar-refractivity contribution is -0.357. The summed E-state index contributed by atoms with van der Waals surface area (Å²) in [5, 5.41) is 193. The highest BCUT2D eigenvalue weighted by Gasteiger charge is 2.66. The summed E-state index contributed by atoms with van der Waals surface area (Å²) in [4.78, 5) is 45.6. The Morgan fingerprint density at radius 3 is 0.917 bits per heavy atom. The highest BCUT2D eigenvalue weighted by molar-refractivity contribution is 6.01. The van der Waals surface area contributed by atoms with E-state index in [9.17, 15) is 86.8 Å². The van der Waals surface area contributed by atoms with Crippen LogP contribution in [0, 0.1) is 0 Å². The molecule has 15 atom stereocenters. The van der Waals surface area contributed by atoms with E-state index in [0.717, 1.165) is 18.2 Å². The monoisotopic (exact) mass is 1490 g/mol. The zero-order valence-corrected chi connectivity index (χ0v) is 56.0. The lowest BCUT2D eigenvalue weighted by Gasteiger charge is -2.48. The Morgan fingerprint density at radius 1 is 0.312 bits per heavy atom. The summed E-state index contributed by atoms with van der Waals surface area (Å²) in [5.74, 6) is -15.0. The minimum absolute atomic E-state index is 0.0135. The van der Waals surface area contributed by atoms with Crippen molar-refractivity contribution >= 4 is 17.9 Å². The van der Waals surface area contributed by atoms with Crippen LogP contribution in [-0.2, 0) is 62.6 Å². The number of hydrogen-bond donors (Lipinski definition) is 17. The third-order valence-electron chi connectivity index (χ3n) is 21.9. The van der Waals surface area contributed by atoms with Gasteiger partial charge < -0.3 is 139 Å². The average Bonchev–Trinajstić information content (AvgIpc) is 1.57. The molecule has 560 valence electrons. The summed E-state index contributed by atoms with van der Waals surface area (Å²) in [6.45, 7) is -3.12. The van der Waals surface area contributed by atoms with E-state index in [1.54, 1.807) is 0 Å². The fourth-order valence-electron chi connectivity index (χ4n) is 17.0. The van der Waals surface area contributed by atoms with E-state index < -0.39 is 168 Å². The van der Waals surface area contributed by atoms with Crippen LogP contribution in [0.5, 0.6) is 69.0 Å². The van der Waals surface area contributed by atoms with Gasteiger partial charge in [0.2, 0.25) is 5.79 Å². The highest BCUT2D eigenvalue weighted by Crippen LogP contribution is 2.64. The van der Waals surface area contributed by atoms with E-state index >= 15 is 14.4 Å². The number of ether oxygens (including phenoxy) is 11. The van der Waals surface area contributed by atoms with Gasteiger partial charge in [-0.1, -0.05) is 54.6 Å². The maximum atomic E-state index is 15.3. The zero-order valence-electron chi connectivity index (χ0n) is 56.0. The second kappa shape index (κ2) is 24.2. The molecule has 0 radical (unpaired) electrons. The number of aromatic hydroxyl groups is 4. The zero-order chi connectivity index (χ0) is 76.2. The number of esters is 3. The molecule has 31 nitrogen and oxygen atoms in total.